The Labute approximate surface area is 142 Å². The van der Waals surface area contributed by atoms with Crippen molar-refractivity contribution >= 4 is 26.1 Å². The summed E-state index contributed by atoms with van der Waals surface area (Å²) >= 11 is 0. The molecule has 1 rings (SSSR count). The van der Waals surface area contributed by atoms with Gasteiger partial charge in [-0.15, -0.1) is 0 Å². The van der Waals surface area contributed by atoms with E-state index in [9.17, 15) is 47.6 Å². The van der Waals surface area contributed by atoms with Gasteiger partial charge in [-0.25, -0.2) is 16.8 Å². The van der Waals surface area contributed by atoms with E-state index < -0.39 is 42.7 Å². The average molecular weight is 430 g/mol. The van der Waals surface area contributed by atoms with Crippen molar-refractivity contribution in [3.8, 4) is 5.75 Å². The first kappa shape index (κ1) is 22.2. The second kappa shape index (κ2) is 6.70. The molecule has 6 nitrogen and oxygen atoms in total. The lowest BCUT2D eigenvalue weighted by atomic mass is 10.2. The molecule has 0 radical (unpaired) electrons. The number of ether oxygens (including phenoxy) is 1. The molecular formula is C11H7F7NO5S2-. The molecule has 0 amide bonds. The van der Waals surface area contributed by atoms with E-state index in [1.807, 2.05) is 0 Å². The van der Waals surface area contributed by atoms with Crippen molar-refractivity contribution in [1.82, 2.24) is 0 Å². The molecule has 0 aliphatic heterocycles. The third kappa shape index (κ3) is 4.27. The van der Waals surface area contributed by atoms with E-state index in [1.165, 1.54) is 6.08 Å². The summed E-state index contributed by atoms with van der Waals surface area (Å²) in [5, 5.41) is -6.44. The molecule has 0 spiro atoms. The Morgan fingerprint density at radius 2 is 1.35 bits per heavy atom. The average Bonchev–Trinajstić information content (AvgIpc) is 2.45. The predicted molar refractivity (Wildman–Crippen MR) is 74.3 cm³/mol. The van der Waals surface area contributed by atoms with Crippen molar-refractivity contribution < 1.29 is 52.3 Å². The van der Waals surface area contributed by atoms with E-state index in [1.54, 1.807) is 0 Å². The van der Waals surface area contributed by atoms with E-state index in [4.69, 9.17) is 0 Å². The first-order valence-electron chi connectivity index (χ1n) is 5.94. The first-order chi connectivity index (χ1) is 11.5. The van der Waals surface area contributed by atoms with E-state index in [0.29, 0.717) is 17.7 Å². The smallest absolute Gasteiger partial charge is 0.427 e. The minimum absolute atomic E-state index is 0.339. The van der Waals surface area contributed by atoms with Crippen molar-refractivity contribution in [3.63, 3.8) is 0 Å². The van der Waals surface area contributed by atoms with E-state index in [-0.39, 0.29) is 0 Å². The van der Waals surface area contributed by atoms with Crippen LogP contribution in [0.3, 0.4) is 0 Å². The van der Waals surface area contributed by atoms with Crippen LogP contribution in [-0.4, -0.2) is 33.7 Å². The molecule has 0 aromatic heterocycles. The van der Waals surface area contributed by atoms with Gasteiger partial charge in [0.05, 0.1) is 0 Å². The maximum atomic E-state index is 13.5. The van der Waals surface area contributed by atoms with Crippen molar-refractivity contribution in [1.29, 1.82) is 0 Å². The summed E-state index contributed by atoms with van der Waals surface area (Å²) in [7, 11) is -14.2. The maximum absolute atomic E-state index is 13.5. The molecule has 1 aromatic carbocycles. The monoisotopic (exact) mass is 430 g/mol. The van der Waals surface area contributed by atoms with Gasteiger partial charge >= 0.3 is 16.9 Å². The van der Waals surface area contributed by atoms with Gasteiger partial charge in [0.25, 0.3) is 0 Å². The number of halogens is 7. The van der Waals surface area contributed by atoms with Crippen LogP contribution in [-0.2, 0) is 20.0 Å². The summed E-state index contributed by atoms with van der Waals surface area (Å²) < 4.78 is 138. The highest BCUT2D eigenvalue weighted by Crippen LogP contribution is 2.44. The molecule has 0 N–H and O–H groups in total. The molecule has 0 bridgehead atoms. The number of sulfonamides is 2. The quantitative estimate of drug-likeness (QED) is 0.618. The van der Waals surface area contributed by atoms with Crippen LogP contribution in [0.15, 0.2) is 30.8 Å². The molecule has 1 aromatic rings. The number of hydrogen-bond donors (Lipinski definition) is 0. The fourth-order valence-electron chi connectivity index (χ4n) is 1.25. The van der Waals surface area contributed by atoms with E-state index in [2.05, 4.69) is 11.3 Å². The van der Waals surface area contributed by atoms with Crippen LogP contribution < -0.4 is 4.74 Å². The van der Waals surface area contributed by atoms with Crippen LogP contribution in [0.25, 0.3) is 10.2 Å². The lowest BCUT2D eigenvalue weighted by Gasteiger charge is -2.31. The van der Waals surface area contributed by atoms with Gasteiger partial charge in [0.15, 0.2) is 20.0 Å². The van der Waals surface area contributed by atoms with Crippen molar-refractivity contribution in [3.05, 3.63) is 40.5 Å². The van der Waals surface area contributed by atoms with Crippen LogP contribution in [0.2, 0.25) is 0 Å². The minimum atomic E-state index is -7.20. The molecule has 0 aliphatic rings. The number of benzene rings is 1. The highest BCUT2D eigenvalue weighted by atomic mass is 32.3. The predicted octanol–water partition coefficient (Wildman–Crippen LogP) is 3.45. The normalized spacial score (nSPS) is 14.1. The third-order valence-corrected chi connectivity index (χ3v) is 5.55. The van der Waals surface area contributed by atoms with Gasteiger partial charge in [-0.05, 0) is 17.7 Å². The van der Waals surface area contributed by atoms with Gasteiger partial charge < -0.3 is 8.86 Å². The fourth-order valence-corrected chi connectivity index (χ4v) is 3.34. The largest absolute Gasteiger partial charge is 0.480 e. The molecule has 0 heterocycles. The van der Waals surface area contributed by atoms with E-state index >= 15 is 0 Å². The fraction of sp³-hybridized carbons (Fsp3) is 0.273. The second-order valence-electron chi connectivity index (χ2n) is 4.38. The molecule has 0 atom stereocenters. The van der Waals surface area contributed by atoms with Gasteiger partial charge in [-0.1, -0.05) is 24.8 Å². The lowest BCUT2D eigenvalue weighted by Crippen LogP contribution is -2.51. The van der Waals surface area contributed by atoms with Crippen LogP contribution in [0.5, 0.6) is 5.75 Å². The molecule has 148 valence electrons. The third-order valence-electron chi connectivity index (χ3n) is 2.51. The molecule has 26 heavy (non-hydrogen) atoms. The Morgan fingerprint density at radius 3 is 1.73 bits per heavy atom. The van der Waals surface area contributed by atoms with Crippen LogP contribution in [0, 0.1) is 0 Å². The van der Waals surface area contributed by atoms with Gasteiger partial charge in [0.2, 0.25) is 0 Å². The Balaban J connectivity index is 3.20. The van der Waals surface area contributed by atoms with Crippen LogP contribution in [0.1, 0.15) is 5.56 Å². The van der Waals surface area contributed by atoms with Gasteiger partial charge in [0, 0.05) is 0 Å². The standard InChI is InChI=1S/C11H7F7NO5S2/c1-2-7-3-5-8(6-4-7)24-9(12,13)10(14,15)25(20,21)19-26(22,23)11(16,17)18/h2-6H,1H2/q-1. The summed E-state index contributed by atoms with van der Waals surface area (Å²) in [6, 6.07) is 3.53. The Kier molecular flexibility index (Phi) is 5.71. The molecule has 0 saturated carbocycles. The van der Waals surface area contributed by atoms with Crippen molar-refractivity contribution in [2.75, 3.05) is 0 Å². The second-order valence-corrected chi connectivity index (χ2v) is 7.85. The van der Waals surface area contributed by atoms with E-state index in [0.717, 1.165) is 16.3 Å². The summed E-state index contributed by atoms with van der Waals surface area (Å²) in [4.78, 5) is 0. The summed E-state index contributed by atoms with van der Waals surface area (Å²) in [5.74, 6) is -0.992. The minimum Gasteiger partial charge on any atom is -0.427 e. The number of hydrogen-bond acceptors (Lipinski definition) is 5. The van der Waals surface area contributed by atoms with Crippen LogP contribution in [0.4, 0.5) is 30.7 Å². The summed E-state index contributed by atoms with van der Waals surface area (Å²) in [5.41, 5.74) is -6.06. The van der Waals surface area contributed by atoms with Gasteiger partial charge in [-0.3, -0.25) is 0 Å². The number of rotatable bonds is 7. The number of alkyl halides is 7. The molecule has 0 aliphatic carbocycles. The molecular weight excluding hydrogens is 423 g/mol. The Bertz CT molecular complexity index is 877. The Hall–Kier alpha value is -1.87. The lowest BCUT2D eigenvalue weighted by molar-refractivity contribution is -0.272. The highest BCUT2D eigenvalue weighted by molar-refractivity contribution is 8.13. The highest BCUT2D eigenvalue weighted by Gasteiger charge is 2.66. The van der Waals surface area contributed by atoms with Crippen LogP contribution >= 0.6 is 0 Å². The molecule has 0 fully saturated rings. The summed E-state index contributed by atoms with van der Waals surface area (Å²) in [6.07, 6.45) is -4.71. The molecule has 0 saturated heterocycles. The summed E-state index contributed by atoms with van der Waals surface area (Å²) in [6.45, 7) is 3.31. The topological polar surface area (TPSA) is 91.6 Å². The zero-order chi connectivity index (χ0) is 20.6. The SMILES string of the molecule is C=Cc1ccc(OC(F)(F)C(F)(F)S(=O)(=O)[N-]S(=O)(=O)C(F)(F)F)cc1. The maximum Gasteiger partial charge on any atom is 0.480 e. The zero-order valence-corrected chi connectivity index (χ0v) is 13.7. The Morgan fingerprint density at radius 1 is 0.885 bits per heavy atom. The molecule has 0 unspecified atom stereocenters. The zero-order valence-electron chi connectivity index (χ0n) is 12.0. The van der Waals surface area contributed by atoms with Crippen molar-refractivity contribution in [2.24, 2.45) is 0 Å². The van der Waals surface area contributed by atoms with Crippen molar-refractivity contribution in [2.45, 2.75) is 16.9 Å². The first-order valence-corrected chi connectivity index (χ1v) is 8.82. The number of nitrogens with zero attached hydrogens (tertiary/aromatic N) is 1. The van der Waals surface area contributed by atoms with Gasteiger partial charge in [0.1, 0.15) is 5.75 Å². The molecule has 15 heteroatoms. The van der Waals surface area contributed by atoms with Gasteiger partial charge in [-0.2, -0.15) is 30.7 Å².